The first kappa shape index (κ1) is 18.6. The Balaban J connectivity index is 0.00000208. The quantitative estimate of drug-likeness (QED) is 0.852. The van der Waals surface area contributed by atoms with E-state index < -0.39 is 6.10 Å². The second-order valence-corrected chi connectivity index (χ2v) is 6.00. The lowest BCUT2D eigenvalue weighted by atomic mass is 10.1. The van der Waals surface area contributed by atoms with Crippen LogP contribution in [0.4, 0.5) is 0 Å². The van der Waals surface area contributed by atoms with Crippen LogP contribution in [-0.4, -0.2) is 25.0 Å². The number of carbonyl (C=O) groups is 1. The minimum atomic E-state index is -0.682. The highest BCUT2D eigenvalue weighted by atomic mass is 35.5. The van der Waals surface area contributed by atoms with Crippen LogP contribution in [0, 0.1) is 0 Å². The van der Waals surface area contributed by atoms with E-state index in [0.29, 0.717) is 10.8 Å². The van der Waals surface area contributed by atoms with Gasteiger partial charge in [-0.05, 0) is 37.2 Å². The maximum atomic E-state index is 12.7. The van der Waals surface area contributed by atoms with Crippen LogP contribution in [0.3, 0.4) is 0 Å². The van der Waals surface area contributed by atoms with Gasteiger partial charge in [0.25, 0.3) is 5.91 Å². The molecule has 0 spiro atoms. The summed E-state index contributed by atoms with van der Waals surface area (Å²) in [4.78, 5) is 12.7. The molecule has 6 heteroatoms. The van der Waals surface area contributed by atoms with Gasteiger partial charge in [-0.15, -0.1) is 12.4 Å². The molecular weight excluding hydrogens is 347 g/mol. The Kier molecular flexibility index (Phi) is 6.91. The molecule has 0 aromatic heterocycles. The van der Waals surface area contributed by atoms with E-state index in [2.05, 4.69) is 10.6 Å². The van der Waals surface area contributed by atoms with E-state index in [-0.39, 0.29) is 24.4 Å². The van der Waals surface area contributed by atoms with Crippen LogP contribution in [-0.2, 0) is 4.79 Å². The minimum absolute atomic E-state index is 0. The summed E-state index contributed by atoms with van der Waals surface area (Å²) in [6, 6.07) is 16.7. The largest absolute Gasteiger partial charge is 0.476 e. The summed E-state index contributed by atoms with van der Waals surface area (Å²) in [5.74, 6) is 0.489. The third kappa shape index (κ3) is 4.87. The van der Waals surface area contributed by atoms with Gasteiger partial charge in [-0.25, -0.2) is 0 Å². The zero-order valence-electron chi connectivity index (χ0n) is 13.1. The van der Waals surface area contributed by atoms with Crippen molar-refractivity contribution in [1.82, 2.24) is 10.6 Å². The first-order valence-corrected chi connectivity index (χ1v) is 8.08. The van der Waals surface area contributed by atoms with E-state index >= 15 is 0 Å². The van der Waals surface area contributed by atoms with Gasteiger partial charge in [0.2, 0.25) is 6.10 Å². The molecule has 2 aromatic carbocycles. The molecule has 1 aliphatic rings. The summed E-state index contributed by atoms with van der Waals surface area (Å²) >= 11 is 5.90. The van der Waals surface area contributed by atoms with Crippen molar-refractivity contribution in [3.63, 3.8) is 0 Å². The fourth-order valence-electron chi connectivity index (χ4n) is 2.60. The molecule has 3 rings (SSSR count). The van der Waals surface area contributed by atoms with Crippen LogP contribution in [0.15, 0.2) is 54.6 Å². The summed E-state index contributed by atoms with van der Waals surface area (Å²) in [7, 11) is 0. The van der Waals surface area contributed by atoms with E-state index in [4.69, 9.17) is 16.3 Å². The smallest absolute Gasteiger partial charge is 0.266 e. The van der Waals surface area contributed by atoms with Gasteiger partial charge in [0.1, 0.15) is 5.75 Å². The molecule has 0 bridgehead atoms. The highest BCUT2D eigenvalue weighted by Gasteiger charge is 2.26. The number of carbonyl (C=O) groups excluding carboxylic acids is 1. The molecule has 1 aliphatic heterocycles. The molecule has 0 aliphatic carbocycles. The lowest BCUT2D eigenvalue weighted by Crippen LogP contribution is -2.40. The number of ether oxygens (including phenoxy) is 1. The van der Waals surface area contributed by atoms with Gasteiger partial charge >= 0.3 is 0 Å². The van der Waals surface area contributed by atoms with Crippen molar-refractivity contribution in [3.05, 3.63) is 65.2 Å². The Morgan fingerprint density at radius 3 is 2.50 bits per heavy atom. The Bertz CT molecular complexity index is 644. The number of hydrogen-bond donors (Lipinski definition) is 2. The first-order chi connectivity index (χ1) is 11.2. The number of amides is 1. The summed E-state index contributed by atoms with van der Waals surface area (Å²) in [5, 5.41) is 6.93. The maximum absolute atomic E-state index is 12.7. The highest BCUT2D eigenvalue weighted by molar-refractivity contribution is 6.30. The predicted molar refractivity (Wildman–Crippen MR) is 97.9 cm³/mol. The summed E-state index contributed by atoms with van der Waals surface area (Å²) in [6.45, 7) is 1.73. The summed E-state index contributed by atoms with van der Waals surface area (Å²) in [5.41, 5.74) is 0.825. The third-order valence-electron chi connectivity index (χ3n) is 3.81. The molecule has 128 valence electrons. The van der Waals surface area contributed by atoms with Gasteiger partial charge in [-0.2, -0.15) is 0 Å². The Morgan fingerprint density at radius 1 is 1.17 bits per heavy atom. The van der Waals surface area contributed by atoms with E-state index in [1.165, 1.54) is 0 Å². The highest BCUT2D eigenvalue weighted by Crippen LogP contribution is 2.24. The third-order valence-corrected chi connectivity index (χ3v) is 4.07. The molecule has 2 N–H and O–H groups in total. The molecule has 0 radical (unpaired) electrons. The van der Waals surface area contributed by atoms with E-state index in [1.54, 1.807) is 24.3 Å². The van der Waals surface area contributed by atoms with Gasteiger partial charge < -0.3 is 15.4 Å². The molecule has 2 atom stereocenters. The first-order valence-electron chi connectivity index (χ1n) is 7.70. The second kappa shape index (κ2) is 8.92. The molecule has 0 saturated carbocycles. The maximum Gasteiger partial charge on any atom is 0.266 e. The number of hydrogen-bond acceptors (Lipinski definition) is 3. The summed E-state index contributed by atoms with van der Waals surface area (Å²) in [6.07, 6.45) is 0.256. The average Bonchev–Trinajstić information content (AvgIpc) is 3.08. The zero-order chi connectivity index (χ0) is 16.1. The molecule has 2 aromatic rings. The SMILES string of the molecule is Cl.O=C(NC1CCNC1)C(Oc1ccc(Cl)cc1)c1ccccc1. The van der Waals surface area contributed by atoms with Crippen molar-refractivity contribution in [3.8, 4) is 5.75 Å². The van der Waals surface area contributed by atoms with Crippen LogP contribution in [0.2, 0.25) is 5.02 Å². The normalized spacial score (nSPS) is 17.6. The van der Waals surface area contributed by atoms with Crippen molar-refractivity contribution < 1.29 is 9.53 Å². The Hall–Kier alpha value is -1.75. The van der Waals surface area contributed by atoms with Gasteiger partial charge in [0, 0.05) is 23.2 Å². The number of halogens is 2. The summed E-state index contributed by atoms with van der Waals surface area (Å²) < 4.78 is 5.94. The predicted octanol–water partition coefficient (Wildman–Crippen LogP) is 3.36. The van der Waals surface area contributed by atoms with Crippen molar-refractivity contribution >= 4 is 29.9 Å². The number of nitrogens with one attached hydrogen (secondary N) is 2. The van der Waals surface area contributed by atoms with Gasteiger partial charge in [-0.1, -0.05) is 41.9 Å². The van der Waals surface area contributed by atoms with Crippen molar-refractivity contribution in [2.45, 2.75) is 18.6 Å². The molecule has 4 nitrogen and oxygen atoms in total. The van der Waals surface area contributed by atoms with Gasteiger partial charge in [0.05, 0.1) is 0 Å². The van der Waals surface area contributed by atoms with Gasteiger partial charge in [0.15, 0.2) is 0 Å². The Morgan fingerprint density at radius 2 is 1.88 bits per heavy atom. The van der Waals surface area contributed by atoms with E-state index in [1.807, 2.05) is 30.3 Å². The minimum Gasteiger partial charge on any atom is -0.476 e. The Labute approximate surface area is 153 Å². The fraction of sp³-hybridized carbons (Fsp3) is 0.278. The van der Waals surface area contributed by atoms with Crippen LogP contribution in [0.25, 0.3) is 0 Å². The molecule has 1 saturated heterocycles. The second-order valence-electron chi connectivity index (χ2n) is 5.56. The van der Waals surface area contributed by atoms with Crippen molar-refractivity contribution in [2.75, 3.05) is 13.1 Å². The zero-order valence-corrected chi connectivity index (χ0v) is 14.6. The standard InChI is InChI=1S/C18H19ClN2O2.ClH/c19-14-6-8-16(9-7-14)23-17(13-4-2-1-3-5-13)18(22)21-15-10-11-20-12-15;/h1-9,15,17,20H,10-12H2,(H,21,22);1H. The van der Waals surface area contributed by atoms with Crippen LogP contribution in [0.5, 0.6) is 5.75 Å². The monoisotopic (exact) mass is 366 g/mol. The van der Waals surface area contributed by atoms with E-state index in [0.717, 1.165) is 25.1 Å². The molecule has 1 heterocycles. The van der Waals surface area contributed by atoms with Crippen molar-refractivity contribution in [2.24, 2.45) is 0 Å². The topological polar surface area (TPSA) is 50.4 Å². The van der Waals surface area contributed by atoms with Gasteiger partial charge in [-0.3, -0.25) is 4.79 Å². The molecule has 1 amide bonds. The fourth-order valence-corrected chi connectivity index (χ4v) is 2.73. The van der Waals surface area contributed by atoms with Crippen LogP contribution < -0.4 is 15.4 Å². The van der Waals surface area contributed by atoms with E-state index in [9.17, 15) is 4.79 Å². The lowest BCUT2D eigenvalue weighted by molar-refractivity contribution is -0.128. The number of benzene rings is 2. The van der Waals surface area contributed by atoms with Crippen LogP contribution >= 0.6 is 24.0 Å². The average molecular weight is 367 g/mol. The molecule has 1 fully saturated rings. The lowest BCUT2D eigenvalue weighted by Gasteiger charge is -2.21. The van der Waals surface area contributed by atoms with Crippen LogP contribution in [0.1, 0.15) is 18.1 Å². The molecule has 24 heavy (non-hydrogen) atoms. The molecule has 2 unspecified atom stereocenters. The van der Waals surface area contributed by atoms with Crippen molar-refractivity contribution in [1.29, 1.82) is 0 Å². The number of rotatable bonds is 5. The molecular formula is C18H20Cl2N2O2.